The van der Waals surface area contributed by atoms with Crippen molar-refractivity contribution in [3.63, 3.8) is 0 Å². The Hall–Kier alpha value is -1.44. The van der Waals surface area contributed by atoms with Crippen LogP contribution in [0.4, 0.5) is 0 Å². The van der Waals surface area contributed by atoms with Crippen LogP contribution in [0.15, 0.2) is 30.3 Å². The fraction of sp³-hybridized carbons (Fsp3) is 0.429. The summed E-state index contributed by atoms with van der Waals surface area (Å²) in [6, 6.07) is 9.48. The van der Waals surface area contributed by atoms with Gasteiger partial charge in [-0.05, 0) is 25.3 Å². The fourth-order valence-corrected chi connectivity index (χ4v) is 2.63. The SMILES string of the molecule is CC(=O)C1(c2ccccc2)CCCCC1=O. The second-order valence-electron chi connectivity index (χ2n) is 4.46. The molecule has 0 heterocycles. The molecule has 0 aliphatic heterocycles. The first-order chi connectivity index (χ1) is 7.68. The van der Waals surface area contributed by atoms with Crippen LogP contribution in [-0.4, -0.2) is 11.6 Å². The van der Waals surface area contributed by atoms with Crippen LogP contribution < -0.4 is 0 Å². The van der Waals surface area contributed by atoms with Crippen LogP contribution in [0.1, 0.15) is 38.2 Å². The lowest BCUT2D eigenvalue weighted by Crippen LogP contribution is -2.44. The summed E-state index contributed by atoms with van der Waals surface area (Å²) in [6.45, 7) is 1.54. The van der Waals surface area contributed by atoms with Crippen molar-refractivity contribution >= 4 is 11.6 Å². The van der Waals surface area contributed by atoms with E-state index in [1.54, 1.807) is 0 Å². The molecule has 0 radical (unpaired) electrons. The van der Waals surface area contributed by atoms with Gasteiger partial charge in [-0.2, -0.15) is 0 Å². The predicted octanol–water partition coefficient (Wildman–Crippen LogP) is 2.66. The molecule has 1 fully saturated rings. The molecule has 0 bridgehead atoms. The van der Waals surface area contributed by atoms with Crippen molar-refractivity contribution in [1.82, 2.24) is 0 Å². The molecule has 1 atom stereocenters. The van der Waals surface area contributed by atoms with Gasteiger partial charge in [0, 0.05) is 6.42 Å². The Morgan fingerprint density at radius 3 is 2.44 bits per heavy atom. The first-order valence-corrected chi connectivity index (χ1v) is 5.78. The molecule has 0 N–H and O–H groups in total. The zero-order valence-electron chi connectivity index (χ0n) is 9.53. The lowest BCUT2D eigenvalue weighted by Gasteiger charge is -2.33. The Balaban J connectivity index is 2.51. The predicted molar refractivity (Wildman–Crippen MR) is 62.3 cm³/mol. The number of hydrogen-bond acceptors (Lipinski definition) is 2. The van der Waals surface area contributed by atoms with Crippen LogP contribution in [0.25, 0.3) is 0 Å². The smallest absolute Gasteiger partial charge is 0.150 e. The summed E-state index contributed by atoms with van der Waals surface area (Å²) in [6.07, 6.45) is 3.08. The number of hydrogen-bond donors (Lipinski definition) is 0. The summed E-state index contributed by atoms with van der Waals surface area (Å²) in [4.78, 5) is 24.0. The van der Waals surface area contributed by atoms with Crippen LogP contribution in [-0.2, 0) is 15.0 Å². The van der Waals surface area contributed by atoms with Crippen LogP contribution in [0.3, 0.4) is 0 Å². The molecule has 0 amide bonds. The topological polar surface area (TPSA) is 34.1 Å². The molecule has 2 heteroatoms. The van der Waals surface area contributed by atoms with Gasteiger partial charge < -0.3 is 0 Å². The summed E-state index contributed by atoms with van der Waals surface area (Å²) in [7, 11) is 0. The Morgan fingerprint density at radius 1 is 1.19 bits per heavy atom. The molecule has 1 aliphatic rings. The maximum Gasteiger partial charge on any atom is 0.150 e. The van der Waals surface area contributed by atoms with Gasteiger partial charge in [0.15, 0.2) is 5.78 Å². The molecule has 2 rings (SSSR count). The molecule has 0 aromatic heterocycles. The highest BCUT2D eigenvalue weighted by molar-refractivity contribution is 6.12. The van der Waals surface area contributed by atoms with E-state index in [9.17, 15) is 9.59 Å². The molecule has 0 spiro atoms. The van der Waals surface area contributed by atoms with Crippen molar-refractivity contribution in [2.75, 3.05) is 0 Å². The Kier molecular flexibility index (Phi) is 2.90. The van der Waals surface area contributed by atoms with Crippen molar-refractivity contribution in [1.29, 1.82) is 0 Å². The molecule has 84 valence electrons. The molecule has 16 heavy (non-hydrogen) atoms. The Bertz CT molecular complexity index is 408. The van der Waals surface area contributed by atoms with E-state index < -0.39 is 5.41 Å². The van der Waals surface area contributed by atoms with E-state index in [1.165, 1.54) is 6.92 Å². The number of rotatable bonds is 2. The van der Waals surface area contributed by atoms with Crippen molar-refractivity contribution < 1.29 is 9.59 Å². The molecular formula is C14H16O2. The highest BCUT2D eigenvalue weighted by atomic mass is 16.2. The maximum atomic E-state index is 12.1. The van der Waals surface area contributed by atoms with E-state index in [2.05, 4.69) is 0 Å². The quantitative estimate of drug-likeness (QED) is 0.712. The second-order valence-corrected chi connectivity index (χ2v) is 4.46. The number of ketones is 2. The highest BCUT2D eigenvalue weighted by Gasteiger charge is 2.45. The number of carbonyl (C=O) groups excluding carboxylic acids is 2. The summed E-state index contributed by atoms with van der Waals surface area (Å²) in [5.74, 6) is 0.0841. The van der Waals surface area contributed by atoms with E-state index in [1.807, 2.05) is 30.3 Å². The summed E-state index contributed by atoms with van der Waals surface area (Å²) < 4.78 is 0. The van der Waals surface area contributed by atoms with E-state index in [4.69, 9.17) is 0 Å². The summed E-state index contributed by atoms with van der Waals surface area (Å²) in [5, 5.41) is 0. The third-order valence-corrected chi connectivity index (χ3v) is 3.55. The highest BCUT2D eigenvalue weighted by Crippen LogP contribution is 2.37. The van der Waals surface area contributed by atoms with Crippen LogP contribution in [0.5, 0.6) is 0 Å². The minimum atomic E-state index is -0.848. The number of carbonyl (C=O) groups is 2. The van der Waals surface area contributed by atoms with Gasteiger partial charge >= 0.3 is 0 Å². The third-order valence-electron chi connectivity index (χ3n) is 3.55. The molecule has 1 unspecified atom stereocenters. The maximum absolute atomic E-state index is 12.1. The molecule has 1 aromatic rings. The van der Waals surface area contributed by atoms with Crippen molar-refractivity contribution in [2.24, 2.45) is 0 Å². The Morgan fingerprint density at radius 2 is 1.88 bits per heavy atom. The van der Waals surface area contributed by atoms with Gasteiger partial charge in [-0.15, -0.1) is 0 Å². The standard InChI is InChI=1S/C14H16O2/c1-11(15)14(10-6-5-9-13(14)16)12-7-3-2-4-8-12/h2-4,7-8H,5-6,9-10H2,1H3. The summed E-state index contributed by atoms with van der Waals surface area (Å²) >= 11 is 0. The van der Waals surface area contributed by atoms with Crippen molar-refractivity contribution in [2.45, 2.75) is 38.0 Å². The lowest BCUT2D eigenvalue weighted by atomic mass is 9.66. The van der Waals surface area contributed by atoms with Gasteiger partial charge in [0.05, 0.1) is 0 Å². The van der Waals surface area contributed by atoms with Gasteiger partial charge in [0.1, 0.15) is 11.2 Å². The molecular weight excluding hydrogens is 200 g/mol. The molecule has 0 saturated heterocycles. The zero-order chi connectivity index (χ0) is 11.6. The van der Waals surface area contributed by atoms with Gasteiger partial charge in [0.2, 0.25) is 0 Å². The second kappa shape index (κ2) is 4.20. The first-order valence-electron chi connectivity index (χ1n) is 5.78. The van der Waals surface area contributed by atoms with Crippen molar-refractivity contribution in [3.05, 3.63) is 35.9 Å². The lowest BCUT2D eigenvalue weighted by molar-refractivity contribution is -0.136. The molecule has 1 saturated carbocycles. The molecule has 1 aromatic carbocycles. The van der Waals surface area contributed by atoms with Crippen LogP contribution in [0, 0.1) is 0 Å². The largest absolute Gasteiger partial charge is 0.299 e. The van der Waals surface area contributed by atoms with Gasteiger partial charge in [-0.25, -0.2) is 0 Å². The fourth-order valence-electron chi connectivity index (χ4n) is 2.63. The van der Waals surface area contributed by atoms with E-state index in [0.29, 0.717) is 12.8 Å². The first kappa shape index (κ1) is 11.1. The Labute approximate surface area is 95.7 Å². The van der Waals surface area contributed by atoms with Crippen molar-refractivity contribution in [3.8, 4) is 0 Å². The zero-order valence-corrected chi connectivity index (χ0v) is 9.53. The average molecular weight is 216 g/mol. The normalized spacial score (nSPS) is 25.4. The van der Waals surface area contributed by atoms with Gasteiger partial charge in [-0.3, -0.25) is 9.59 Å². The van der Waals surface area contributed by atoms with Gasteiger partial charge in [-0.1, -0.05) is 36.8 Å². The number of Topliss-reactive ketones (excluding diaryl/α,β-unsaturated/α-hetero) is 2. The summed E-state index contributed by atoms with van der Waals surface area (Å²) in [5.41, 5.74) is 0.0201. The van der Waals surface area contributed by atoms with Gasteiger partial charge in [0.25, 0.3) is 0 Å². The van der Waals surface area contributed by atoms with Crippen LogP contribution >= 0.6 is 0 Å². The molecule has 2 nitrogen and oxygen atoms in total. The van der Waals surface area contributed by atoms with Crippen LogP contribution in [0.2, 0.25) is 0 Å². The third kappa shape index (κ3) is 1.58. The van der Waals surface area contributed by atoms with E-state index in [0.717, 1.165) is 18.4 Å². The van der Waals surface area contributed by atoms with E-state index in [-0.39, 0.29) is 11.6 Å². The monoisotopic (exact) mass is 216 g/mol. The average Bonchev–Trinajstić information content (AvgIpc) is 2.30. The molecule has 1 aliphatic carbocycles. The number of benzene rings is 1. The minimum Gasteiger partial charge on any atom is -0.299 e. The van der Waals surface area contributed by atoms with E-state index >= 15 is 0 Å². The minimum absolute atomic E-state index is 0.0107.